The first-order valence-corrected chi connectivity index (χ1v) is 8.76. The number of thiophene rings is 1. The van der Waals surface area contributed by atoms with E-state index in [1.807, 2.05) is 18.2 Å². The molecule has 2 aromatic rings. The number of anilines is 1. The number of halogens is 1. The molecule has 0 saturated heterocycles. The highest BCUT2D eigenvalue weighted by Crippen LogP contribution is 2.39. The second-order valence-corrected chi connectivity index (χ2v) is 6.91. The lowest BCUT2D eigenvalue weighted by Gasteiger charge is -2.05. The minimum absolute atomic E-state index is 0.306. The summed E-state index contributed by atoms with van der Waals surface area (Å²) in [6.45, 7) is 0. The number of benzene rings is 1. The number of esters is 1. The number of carbonyl (C=O) groups is 2. The Balaban J connectivity index is 1.80. The molecule has 6 heteroatoms. The minimum atomic E-state index is -0.403. The van der Waals surface area contributed by atoms with Crippen LogP contribution in [0.25, 0.3) is 6.08 Å². The minimum Gasteiger partial charge on any atom is -0.465 e. The summed E-state index contributed by atoms with van der Waals surface area (Å²) in [5.74, 6) is -0.709. The van der Waals surface area contributed by atoms with E-state index >= 15 is 0 Å². The normalized spacial score (nSPS) is 13.1. The Morgan fingerprint density at radius 3 is 2.83 bits per heavy atom. The molecule has 0 bridgehead atoms. The molecule has 4 nitrogen and oxygen atoms in total. The van der Waals surface area contributed by atoms with Gasteiger partial charge in [0.2, 0.25) is 5.91 Å². The third kappa shape index (κ3) is 3.37. The summed E-state index contributed by atoms with van der Waals surface area (Å²) in [5.41, 5.74) is 2.27. The van der Waals surface area contributed by atoms with Crippen LogP contribution in [0, 0.1) is 0 Å². The van der Waals surface area contributed by atoms with E-state index in [0.29, 0.717) is 15.6 Å². The van der Waals surface area contributed by atoms with E-state index in [1.54, 1.807) is 12.1 Å². The summed E-state index contributed by atoms with van der Waals surface area (Å²) in [7, 11) is 1.35. The number of aryl methyl sites for hydroxylation is 1. The van der Waals surface area contributed by atoms with Gasteiger partial charge in [-0.3, -0.25) is 4.79 Å². The van der Waals surface area contributed by atoms with Crippen LogP contribution in [0.1, 0.15) is 32.8 Å². The third-order valence-electron chi connectivity index (χ3n) is 3.87. The van der Waals surface area contributed by atoms with Gasteiger partial charge in [-0.15, -0.1) is 11.3 Å². The monoisotopic (exact) mass is 361 g/mol. The van der Waals surface area contributed by atoms with Crippen molar-refractivity contribution in [3.8, 4) is 0 Å². The summed E-state index contributed by atoms with van der Waals surface area (Å²) in [6, 6.07) is 7.27. The molecule has 0 unspecified atom stereocenters. The number of hydrogen-bond donors (Lipinski definition) is 1. The fourth-order valence-electron chi connectivity index (χ4n) is 2.74. The van der Waals surface area contributed by atoms with E-state index in [1.165, 1.54) is 24.5 Å². The molecule has 1 heterocycles. The fourth-order valence-corrected chi connectivity index (χ4v) is 4.22. The summed E-state index contributed by atoms with van der Waals surface area (Å²) in [4.78, 5) is 25.4. The van der Waals surface area contributed by atoms with Crippen molar-refractivity contribution in [3.05, 3.63) is 56.9 Å². The van der Waals surface area contributed by atoms with Crippen LogP contribution in [0.4, 0.5) is 5.00 Å². The van der Waals surface area contributed by atoms with Gasteiger partial charge in [-0.05, 0) is 42.5 Å². The molecule has 1 N–H and O–H groups in total. The number of methoxy groups -OCH3 is 1. The van der Waals surface area contributed by atoms with Crippen molar-refractivity contribution < 1.29 is 14.3 Å². The van der Waals surface area contributed by atoms with Crippen LogP contribution in [0.5, 0.6) is 0 Å². The van der Waals surface area contributed by atoms with Crippen LogP contribution in [0.15, 0.2) is 30.3 Å². The van der Waals surface area contributed by atoms with Crippen LogP contribution < -0.4 is 5.32 Å². The van der Waals surface area contributed by atoms with Gasteiger partial charge in [-0.25, -0.2) is 4.79 Å². The molecule has 3 rings (SSSR count). The van der Waals surface area contributed by atoms with Crippen LogP contribution in [-0.4, -0.2) is 19.0 Å². The molecule has 1 aromatic heterocycles. The highest BCUT2D eigenvalue weighted by atomic mass is 35.5. The van der Waals surface area contributed by atoms with Crippen molar-refractivity contribution in [1.82, 2.24) is 0 Å². The predicted molar refractivity (Wildman–Crippen MR) is 96.8 cm³/mol. The Bertz CT molecular complexity index is 826. The van der Waals surface area contributed by atoms with Gasteiger partial charge in [0.05, 0.1) is 12.7 Å². The van der Waals surface area contributed by atoms with Crippen molar-refractivity contribution in [2.24, 2.45) is 0 Å². The fraction of sp³-hybridized carbons (Fsp3) is 0.222. The third-order valence-corrected chi connectivity index (χ3v) is 5.42. The van der Waals surface area contributed by atoms with Crippen molar-refractivity contribution in [2.75, 3.05) is 12.4 Å². The molecule has 1 amide bonds. The molecule has 0 radical (unpaired) electrons. The topological polar surface area (TPSA) is 55.4 Å². The van der Waals surface area contributed by atoms with Gasteiger partial charge < -0.3 is 10.1 Å². The average molecular weight is 362 g/mol. The SMILES string of the molecule is COC(=O)c1c(NC(=O)C=Cc2ccccc2Cl)sc2c1CCC2. The number of carbonyl (C=O) groups excluding carboxylic acids is 2. The van der Waals surface area contributed by atoms with E-state index in [-0.39, 0.29) is 5.91 Å². The molecule has 1 aliphatic carbocycles. The molecular formula is C18H16ClNO3S. The van der Waals surface area contributed by atoms with Gasteiger partial charge in [0.1, 0.15) is 5.00 Å². The number of hydrogen-bond acceptors (Lipinski definition) is 4. The van der Waals surface area contributed by atoms with E-state index in [9.17, 15) is 9.59 Å². The zero-order valence-corrected chi connectivity index (χ0v) is 14.7. The van der Waals surface area contributed by atoms with Gasteiger partial charge in [0.25, 0.3) is 0 Å². The molecule has 1 aromatic carbocycles. The first-order chi connectivity index (χ1) is 11.6. The molecule has 0 fully saturated rings. The summed E-state index contributed by atoms with van der Waals surface area (Å²) in [5, 5.41) is 3.93. The molecule has 0 saturated carbocycles. The number of ether oxygens (including phenoxy) is 1. The Kier molecular flexibility index (Phi) is 5.02. The Hall–Kier alpha value is -2.11. The van der Waals surface area contributed by atoms with E-state index in [2.05, 4.69) is 5.32 Å². The van der Waals surface area contributed by atoms with Crippen molar-refractivity contribution in [1.29, 1.82) is 0 Å². The van der Waals surface area contributed by atoms with Crippen molar-refractivity contribution >= 4 is 45.9 Å². The molecular weight excluding hydrogens is 346 g/mol. The Morgan fingerprint density at radius 1 is 1.29 bits per heavy atom. The molecule has 24 heavy (non-hydrogen) atoms. The first kappa shape index (κ1) is 16.7. The zero-order chi connectivity index (χ0) is 17.1. The lowest BCUT2D eigenvalue weighted by molar-refractivity contribution is -0.111. The maximum atomic E-state index is 12.2. The smallest absolute Gasteiger partial charge is 0.341 e. The lowest BCUT2D eigenvalue weighted by atomic mass is 10.1. The largest absolute Gasteiger partial charge is 0.465 e. The molecule has 0 spiro atoms. The Morgan fingerprint density at radius 2 is 2.08 bits per heavy atom. The van der Waals surface area contributed by atoms with E-state index < -0.39 is 5.97 Å². The number of amides is 1. The number of rotatable bonds is 4. The second kappa shape index (κ2) is 7.20. The Labute approximate surface area is 149 Å². The van der Waals surface area contributed by atoms with Crippen molar-refractivity contribution in [2.45, 2.75) is 19.3 Å². The first-order valence-electron chi connectivity index (χ1n) is 7.56. The van der Waals surface area contributed by atoms with Gasteiger partial charge >= 0.3 is 5.97 Å². The molecule has 124 valence electrons. The van der Waals surface area contributed by atoms with Crippen LogP contribution >= 0.6 is 22.9 Å². The highest BCUT2D eigenvalue weighted by molar-refractivity contribution is 7.17. The van der Waals surface area contributed by atoms with E-state index in [4.69, 9.17) is 16.3 Å². The van der Waals surface area contributed by atoms with E-state index in [0.717, 1.165) is 35.3 Å². The van der Waals surface area contributed by atoms with Crippen LogP contribution in [0.2, 0.25) is 5.02 Å². The summed E-state index contributed by atoms with van der Waals surface area (Å²) >= 11 is 7.51. The maximum Gasteiger partial charge on any atom is 0.341 e. The second-order valence-electron chi connectivity index (χ2n) is 5.40. The highest BCUT2D eigenvalue weighted by Gasteiger charge is 2.27. The van der Waals surface area contributed by atoms with Crippen molar-refractivity contribution in [3.63, 3.8) is 0 Å². The van der Waals surface area contributed by atoms with Crippen LogP contribution in [-0.2, 0) is 22.4 Å². The average Bonchev–Trinajstić information content (AvgIpc) is 3.14. The quantitative estimate of drug-likeness (QED) is 0.651. The lowest BCUT2D eigenvalue weighted by Crippen LogP contribution is -2.12. The number of fused-ring (bicyclic) bond motifs is 1. The van der Waals surface area contributed by atoms with Gasteiger partial charge in [0, 0.05) is 16.0 Å². The van der Waals surface area contributed by atoms with Gasteiger partial charge in [0.15, 0.2) is 0 Å². The summed E-state index contributed by atoms with van der Waals surface area (Å²) < 4.78 is 4.87. The van der Waals surface area contributed by atoms with Gasteiger partial charge in [-0.1, -0.05) is 29.8 Å². The standard InChI is InChI=1S/C18H16ClNO3S/c1-23-18(22)16-12-6-4-8-14(12)24-17(16)20-15(21)10-9-11-5-2-3-7-13(11)19/h2-3,5,7,9-10H,4,6,8H2,1H3,(H,20,21). The predicted octanol–water partition coefficient (Wildman–Crippen LogP) is 4.33. The van der Waals surface area contributed by atoms with Gasteiger partial charge in [-0.2, -0.15) is 0 Å². The summed E-state index contributed by atoms with van der Waals surface area (Å²) in [6.07, 6.45) is 5.88. The molecule has 0 aliphatic heterocycles. The molecule has 0 atom stereocenters. The zero-order valence-electron chi connectivity index (χ0n) is 13.1. The van der Waals surface area contributed by atoms with Crippen LogP contribution in [0.3, 0.4) is 0 Å². The maximum absolute atomic E-state index is 12.2. The number of nitrogens with one attached hydrogen (secondary N) is 1. The molecule has 1 aliphatic rings.